The second-order valence-corrected chi connectivity index (χ2v) is 7.89. The van der Waals surface area contributed by atoms with Crippen molar-refractivity contribution in [3.63, 3.8) is 0 Å². The molecule has 1 atom stereocenters. The van der Waals surface area contributed by atoms with Gasteiger partial charge in [-0.2, -0.15) is 0 Å². The summed E-state index contributed by atoms with van der Waals surface area (Å²) >= 11 is 0. The van der Waals surface area contributed by atoms with Crippen molar-refractivity contribution in [3.05, 3.63) is 64.0 Å². The average Bonchev–Trinajstić information content (AvgIpc) is 2.74. The topological polar surface area (TPSA) is 81.4 Å². The summed E-state index contributed by atoms with van der Waals surface area (Å²) in [4.78, 5) is 15.0. The van der Waals surface area contributed by atoms with Crippen LogP contribution in [0.2, 0.25) is 0 Å². The van der Waals surface area contributed by atoms with E-state index in [0.717, 1.165) is 24.2 Å². The molecule has 4 rings (SSSR count). The van der Waals surface area contributed by atoms with E-state index in [2.05, 4.69) is 4.90 Å². The van der Waals surface area contributed by atoms with Crippen LogP contribution in [-0.2, 0) is 4.74 Å². The van der Waals surface area contributed by atoms with Gasteiger partial charge in [0.2, 0.25) is 11.2 Å². The molecule has 1 N–H and O–H groups in total. The van der Waals surface area contributed by atoms with Gasteiger partial charge in [0.1, 0.15) is 36.1 Å². The van der Waals surface area contributed by atoms with Gasteiger partial charge in [0.15, 0.2) is 0 Å². The smallest absolute Gasteiger partial charge is 0.235 e. The Bertz CT molecular complexity index is 1080. The third-order valence-electron chi connectivity index (χ3n) is 5.15. The summed E-state index contributed by atoms with van der Waals surface area (Å²) < 4.78 is 22.4. The Morgan fingerprint density at radius 3 is 2.55 bits per heavy atom. The molecular formula is C24H27NO6. The standard InChI is InChI=1S/C24H27NO6/c1-16-9-17(2)11-20(10-16)31-23-15-30-22-12-19(3-4-21(22)24(23)27)29-14-18(26)13-25-5-7-28-8-6-25/h3-4,9-12,15,18,26H,5-8,13-14H2,1-2H3. The van der Waals surface area contributed by atoms with E-state index in [1.165, 1.54) is 6.26 Å². The highest BCUT2D eigenvalue weighted by atomic mass is 16.5. The lowest BCUT2D eigenvalue weighted by Crippen LogP contribution is -2.42. The fourth-order valence-electron chi connectivity index (χ4n) is 3.70. The van der Waals surface area contributed by atoms with Gasteiger partial charge in [0, 0.05) is 25.7 Å². The molecule has 0 amide bonds. The molecule has 2 heterocycles. The summed E-state index contributed by atoms with van der Waals surface area (Å²) in [6.07, 6.45) is 0.703. The Hall–Kier alpha value is -2.87. The van der Waals surface area contributed by atoms with Crippen LogP contribution in [0.4, 0.5) is 0 Å². The molecule has 7 nitrogen and oxygen atoms in total. The molecule has 2 aromatic carbocycles. The molecule has 0 radical (unpaired) electrons. The quantitative estimate of drug-likeness (QED) is 0.622. The second kappa shape index (κ2) is 9.51. The SMILES string of the molecule is Cc1cc(C)cc(Oc2coc3cc(OCC(O)CN4CCOCC4)ccc3c2=O)c1. The summed E-state index contributed by atoms with van der Waals surface area (Å²) in [5.41, 5.74) is 2.26. The summed E-state index contributed by atoms with van der Waals surface area (Å²) in [6, 6.07) is 10.8. The molecule has 1 aromatic heterocycles. The van der Waals surface area contributed by atoms with Crippen molar-refractivity contribution in [1.29, 1.82) is 0 Å². The number of fused-ring (bicyclic) bond motifs is 1. The fourth-order valence-corrected chi connectivity index (χ4v) is 3.70. The fraction of sp³-hybridized carbons (Fsp3) is 0.375. The van der Waals surface area contributed by atoms with E-state index in [0.29, 0.717) is 42.2 Å². The van der Waals surface area contributed by atoms with Gasteiger partial charge in [-0.3, -0.25) is 9.69 Å². The minimum atomic E-state index is -0.616. The Morgan fingerprint density at radius 1 is 1.06 bits per heavy atom. The number of aliphatic hydroxyl groups excluding tert-OH is 1. The lowest BCUT2D eigenvalue weighted by molar-refractivity contribution is 0.00466. The van der Waals surface area contributed by atoms with Crippen LogP contribution in [0.3, 0.4) is 0 Å². The van der Waals surface area contributed by atoms with Crippen molar-refractivity contribution < 1.29 is 23.7 Å². The van der Waals surface area contributed by atoms with Gasteiger partial charge in [0.25, 0.3) is 0 Å². The first-order valence-corrected chi connectivity index (χ1v) is 10.4. The van der Waals surface area contributed by atoms with E-state index in [1.807, 2.05) is 32.0 Å². The number of benzene rings is 2. The number of morpholine rings is 1. The number of aryl methyl sites for hydroxylation is 2. The first-order chi connectivity index (χ1) is 15.0. The molecule has 7 heteroatoms. The third kappa shape index (κ3) is 5.44. The lowest BCUT2D eigenvalue weighted by Gasteiger charge is -2.28. The minimum absolute atomic E-state index is 0.132. The van der Waals surface area contributed by atoms with E-state index < -0.39 is 6.10 Å². The zero-order valence-electron chi connectivity index (χ0n) is 17.8. The average molecular weight is 425 g/mol. The zero-order chi connectivity index (χ0) is 21.8. The van der Waals surface area contributed by atoms with Gasteiger partial charge in [0.05, 0.1) is 18.6 Å². The number of aliphatic hydroxyl groups is 1. The number of β-amino-alcohol motifs (C(OH)–C–C–N with tert-alkyl or cyclic N) is 1. The molecule has 31 heavy (non-hydrogen) atoms. The first-order valence-electron chi connectivity index (χ1n) is 10.4. The maximum atomic E-state index is 12.8. The molecule has 1 fully saturated rings. The summed E-state index contributed by atoms with van der Waals surface area (Å²) in [5.74, 6) is 1.25. The largest absolute Gasteiger partial charge is 0.491 e. The van der Waals surface area contributed by atoms with Crippen LogP contribution in [0.1, 0.15) is 11.1 Å². The van der Waals surface area contributed by atoms with Crippen LogP contribution in [0, 0.1) is 13.8 Å². The molecular weight excluding hydrogens is 398 g/mol. The van der Waals surface area contributed by atoms with Gasteiger partial charge < -0.3 is 23.7 Å². The number of hydrogen-bond donors (Lipinski definition) is 1. The molecule has 1 unspecified atom stereocenters. The normalized spacial score (nSPS) is 15.7. The maximum Gasteiger partial charge on any atom is 0.235 e. The molecule has 0 saturated carbocycles. The maximum absolute atomic E-state index is 12.8. The molecule has 0 spiro atoms. The summed E-state index contributed by atoms with van der Waals surface area (Å²) in [6.45, 7) is 7.63. The van der Waals surface area contributed by atoms with Crippen molar-refractivity contribution in [1.82, 2.24) is 4.90 Å². The molecule has 1 aliphatic heterocycles. The number of rotatable bonds is 7. The van der Waals surface area contributed by atoms with Crippen LogP contribution in [0.25, 0.3) is 11.0 Å². The van der Waals surface area contributed by atoms with E-state index in [4.69, 9.17) is 18.6 Å². The van der Waals surface area contributed by atoms with Crippen molar-refractivity contribution in [2.45, 2.75) is 20.0 Å². The Labute approximate surface area is 180 Å². The van der Waals surface area contributed by atoms with Crippen molar-refractivity contribution in [3.8, 4) is 17.2 Å². The van der Waals surface area contributed by atoms with Gasteiger partial charge in [-0.05, 0) is 49.2 Å². The molecule has 1 saturated heterocycles. The number of ether oxygens (including phenoxy) is 3. The summed E-state index contributed by atoms with van der Waals surface area (Å²) in [5, 5.41) is 10.6. The Morgan fingerprint density at radius 2 is 1.81 bits per heavy atom. The van der Waals surface area contributed by atoms with Gasteiger partial charge in [-0.15, -0.1) is 0 Å². The van der Waals surface area contributed by atoms with Gasteiger partial charge >= 0.3 is 0 Å². The highest BCUT2D eigenvalue weighted by Gasteiger charge is 2.16. The molecule has 164 valence electrons. The van der Waals surface area contributed by atoms with Gasteiger partial charge in [-0.1, -0.05) is 6.07 Å². The highest BCUT2D eigenvalue weighted by Crippen LogP contribution is 2.25. The third-order valence-corrected chi connectivity index (χ3v) is 5.15. The van der Waals surface area contributed by atoms with Crippen molar-refractivity contribution in [2.75, 3.05) is 39.5 Å². The lowest BCUT2D eigenvalue weighted by atomic mass is 10.1. The first kappa shape index (κ1) is 21.4. The number of hydrogen-bond acceptors (Lipinski definition) is 7. The van der Waals surface area contributed by atoms with Crippen LogP contribution in [-0.4, -0.2) is 55.6 Å². The monoisotopic (exact) mass is 425 g/mol. The van der Waals surface area contributed by atoms with Crippen LogP contribution in [0.5, 0.6) is 17.2 Å². The molecule has 0 bridgehead atoms. The van der Waals surface area contributed by atoms with E-state index >= 15 is 0 Å². The molecule has 1 aliphatic rings. The number of nitrogens with zero attached hydrogens (tertiary/aromatic N) is 1. The van der Waals surface area contributed by atoms with Crippen molar-refractivity contribution >= 4 is 11.0 Å². The van der Waals surface area contributed by atoms with Crippen LogP contribution in [0.15, 0.2) is 51.9 Å². The van der Waals surface area contributed by atoms with Crippen molar-refractivity contribution in [2.24, 2.45) is 0 Å². The second-order valence-electron chi connectivity index (χ2n) is 7.89. The van der Waals surface area contributed by atoms with E-state index in [-0.39, 0.29) is 17.8 Å². The summed E-state index contributed by atoms with van der Waals surface area (Å²) in [7, 11) is 0. The Balaban J connectivity index is 1.43. The minimum Gasteiger partial charge on any atom is -0.491 e. The van der Waals surface area contributed by atoms with E-state index in [9.17, 15) is 9.90 Å². The molecule has 3 aromatic rings. The van der Waals surface area contributed by atoms with Crippen LogP contribution >= 0.6 is 0 Å². The highest BCUT2D eigenvalue weighted by molar-refractivity contribution is 5.79. The van der Waals surface area contributed by atoms with Crippen LogP contribution < -0.4 is 14.9 Å². The predicted molar refractivity (Wildman–Crippen MR) is 117 cm³/mol. The van der Waals surface area contributed by atoms with Gasteiger partial charge in [-0.25, -0.2) is 0 Å². The van der Waals surface area contributed by atoms with E-state index in [1.54, 1.807) is 18.2 Å². The zero-order valence-corrected chi connectivity index (χ0v) is 17.8. The molecule has 0 aliphatic carbocycles. The Kier molecular flexibility index (Phi) is 6.56. The predicted octanol–water partition coefficient (Wildman–Crippen LogP) is 3.27.